The van der Waals surface area contributed by atoms with Crippen molar-refractivity contribution >= 4 is 6.29 Å². The van der Waals surface area contributed by atoms with Crippen molar-refractivity contribution in [3.05, 3.63) is 29.1 Å². The number of carbonyl (C=O) groups excluding carboxylic acids is 1. The summed E-state index contributed by atoms with van der Waals surface area (Å²) < 4.78 is 40.6. The van der Waals surface area contributed by atoms with Gasteiger partial charge in [-0.1, -0.05) is 6.07 Å². The molecule has 0 aliphatic carbocycles. The van der Waals surface area contributed by atoms with Gasteiger partial charge in [0.2, 0.25) is 0 Å². The van der Waals surface area contributed by atoms with Crippen molar-refractivity contribution in [3.63, 3.8) is 0 Å². The SMILES string of the molecule is Cc1ccc(F)c(OC(F)F)c1C=O. The molecule has 0 spiro atoms. The molecule has 5 heteroatoms. The van der Waals surface area contributed by atoms with E-state index in [-0.39, 0.29) is 11.8 Å². The number of rotatable bonds is 3. The van der Waals surface area contributed by atoms with Crippen LogP contribution in [0.1, 0.15) is 15.9 Å². The lowest BCUT2D eigenvalue weighted by Crippen LogP contribution is -2.07. The highest BCUT2D eigenvalue weighted by molar-refractivity contribution is 5.81. The van der Waals surface area contributed by atoms with Crippen LogP contribution in [0.3, 0.4) is 0 Å². The summed E-state index contributed by atoms with van der Waals surface area (Å²) in [6, 6.07) is 2.29. The fraction of sp³-hybridized carbons (Fsp3) is 0.222. The second kappa shape index (κ2) is 4.13. The lowest BCUT2D eigenvalue weighted by molar-refractivity contribution is -0.0524. The Kier molecular flexibility index (Phi) is 3.11. The molecule has 0 bridgehead atoms. The van der Waals surface area contributed by atoms with Crippen LogP contribution in [0.15, 0.2) is 12.1 Å². The number of hydrogen-bond acceptors (Lipinski definition) is 2. The molecule has 0 unspecified atom stereocenters. The first-order valence-electron chi connectivity index (χ1n) is 3.75. The predicted octanol–water partition coefficient (Wildman–Crippen LogP) is 2.55. The number of aldehydes is 1. The topological polar surface area (TPSA) is 26.3 Å². The van der Waals surface area contributed by atoms with E-state index in [0.29, 0.717) is 5.56 Å². The first-order chi connectivity index (χ1) is 6.56. The number of hydrogen-bond donors (Lipinski definition) is 0. The molecular formula is C9H7F3O2. The summed E-state index contributed by atoms with van der Waals surface area (Å²) in [6.07, 6.45) is 0.288. The van der Waals surface area contributed by atoms with E-state index in [2.05, 4.69) is 4.74 Å². The first kappa shape index (κ1) is 10.6. The quantitative estimate of drug-likeness (QED) is 0.707. The van der Waals surface area contributed by atoms with E-state index in [9.17, 15) is 18.0 Å². The fourth-order valence-electron chi connectivity index (χ4n) is 1.03. The molecule has 0 aliphatic rings. The number of aryl methyl sites for hydroxylation is 1. The molecule has 0 saturated heterocycles. The minimum absolute atomic E-state index is 0.190. The van der Waals surface area contributed by atoms with E-state index < -0.39 is 18.2 Å². The van der Waals surface area contributed by atoms with Crippen LogP contribution in [0.5, 0.6) is 5.75 Å². The molecule has 0 aliphatic heterocycles. The van der Waals surface area contributed by atoms with Gasteiger partial charge >= 0.3 is 6.61 Å². The average Bonchev–Trinajstić information content (AvgIpc) is 2.11. The van der Waals surface area contributed by atoms with Gasteiger partial charge in [-0.2, -0.15) is 8.78 Å². The lowest BCUT2D eigenvalue weighted by Gasteiger charge is -2.09. The standard InChI is InChI=1S/C9H7F3O2/c1-5-2-3-7(10)8(6(5)4-13)14-9(11)12/h2-4,9H,1H3. The summed E-state index contributed by atoms with van der Waals surface area (Å²) in [5, 5.41) is 0. The highest BCUT2D eigenvalue weighted by atomic mass is 19.3. The summed E-state index contributed by atoms with van der Waals surface area (Å²) in [5.41, 5.74) is 0.197. The zero-order valence-corrected chi connectivity index (χ0v) is 7.26. The molecule has 0 N–H and O–H groups in total. The Morgan fingerprint density at radius 1 is 1.43 bits per heavy atom. The highest BCUT2D eigenvalue weighted by Gasteiger charge is 2.16. The summed E-state index contributed by atoms with van der Waals surface area (Å²) in [4.78, 5) is 10.5. The van der Waals surface area contributed by atoms with Gasteiger partial charge in [-0.05, 0) is 18.6 Å². The number of ether oxygens (including phenoxy) is 1. The highest BCUT2D eigenvalue weighted by Crippen LogP contribution is 2.25. The van der Waals surface area contributed by atoms with Crippen LogP contribution in [-0.2, 0) is 0 Å². The van der Waals surface area contributed by atoms with Crippen LogP contribution >= 0.6 is 0 Å². The second-order valence-electron chi connectivity index (χ2n) is 2.60. The molecule has 2 nitrogen and oxygen atoms in total. The Morgan fingerprint density at radius 3 is 2.57 bits per heavy atom. The summed E-state index contributed by atoms with van der Waals surface area (Å²) >= 11 is 0. The van der Waals surface area contributed by atoms with E-state index in [0.717, 1.165) is 6.07 Å². The Bertz CT molecular complexity index is 350. The molecule has 0 fully saturated rings. The second-order valence-corrected chi connectivity index (χ2v) is 2.60. The monoisotopic (exact) mass is 204 g/mol. The van der Waals surface area contributed by atoms with Crippen LogP contribution in [0.4, 0.5) is 13.2 Å². The molecule has 0 amide bonds. The molecule has 0 atom stereocenters. The third-order valence-electron chi connectivity index (χ3n) is 1.69. The van der Waals surface area contributed by atoms with Crippen LogP contribution in [-0.4, -0.2) is 12.9 Å². The lowest BCUT2D eigenvalue weighted by atomic mass is 10.1. The van der Waals surface area contributed by atoms with Gasteiger partial charge in [0.1, 0.15) is 0 Å². The largest absolute Gasteiger partial charge is 0.431 e. The van der Waals surface area contributed by atoms with Gasteiger partial charge in [-0.15, -0.1) is 0 Å². The van der Waals surface area contributed by atoms with E-state index in [1.54, 1.807) is 0 Å². The van der Waals surface area contributed by atoms with Crippen LogP contribution in [0, 0.1) is 12.7 Å². The van der Waals surface area contributed by atoms with Crippen molar-refractivity contribution in [2.45, 2.75) is 13.5 Å². The molecule has 1 aromatic carbocycles. The maximum absolute atomic E-state index is 13.0. The zero-order valence-electron chi connectivity index (χ0n) is 7.26. The van der Waals surface area contributed by atoms with Gasteiger partial charge in [-0.3, -0.25) is 4.79 Å². The van der Waals surface area contributed by atoms with E-state index in [1.165, 1.54) is 13.0 Å². The molecule has 76 valence electrons. The van der Waals surface area contributed by atoms with Crippen molar-refractivity contribution in [2.24, 2.45) is 0 Å². The number of carbonyl (C=O) groups is 1. The Hall–Kier alpha value is -1.52. The van der Waals surface area contributed by atoms with Crippen LogP contribution in [0.25, 0.3) is 0 Å². The van der Waals surface area contributed by atoms with Crippen LogP contribution < -0.4 is 4.74 Å². The van der Waals surface area contributed by atoms with Gasteiger partial charge in [0.05, 0.1) is 5.56 Å². The summed E-state index contributed by atoms with van der Waals surface area (Å²) in [7, 11) is 0. The third kappa shape index (κ3) is 2.04. The Balaban J connectivity index is 3.22. The van der Waals surface area contributed by atoms with E-state index >= 15 is 0 Å². The molecule has 0 heterocycles. The number of benzene rings is 1. The third-order valence-corrected chi connectivity index (χ3v) is 1.69. The molecule has 0 saturated carbocycles. The van der Waals surface area contributed by atoms with Crippen molar-refractivity contribution in [3.8, 4) is 5.75 Å². The maximum Gasteiger partial charge on any atom is 0.387 e. The van der Waals surface area contributed by atoms with Gasteiger partial charge < -0.3 is 4.74 Å². The van der Waals surface area contributed by atoms with Gasteiger partial charge in [0, 0.05) is 0 Å². The van der Waals surface area contributed by atoms with E-state index in [1.807, 2.05) is 0 Å². The minimum Gasteiger partial charge on any atom is -0.431 e. The zero-order chi connectivity index (χ0) is 10.7. The molecule has 14 heavy (non-hydrogen) atoms. The smallest absolute Gasteiger partial charge is 0.387 e. The maximum atomic E-state index is 13.0. The van der Waals surface area contributed by atoms with Crippen molar-refractivity contribution in [1.29, 1.82) is 0 Å². The summed E-state index contributed by atoms with van der Waals surface area (Å²) in [5.74, 6) is -1.67. The molecule has 1 aromatic rings. The average molecular weight is 204 g/mol. The molecule has 0 aromatic heterocycles. The number of alkyl halides is 2. The van der Waals surface area contributed by atoms with Crippen molar-refractivity contribution in [2.75, 3.05) is 0 Å². The van der Waals surface area contributed by atoms with Gasteiger partial charge in [-0.25, -0.2) is 4.39 Å². The predicted molar refractivity (Wildman–Crippen MR) is 43.2 cm³/mol. The molecule has 0 radical (unpaired) electrons. The summed E-state index contributed by atoms with van der Waals surface area (Å²) in [6.45, 7) is -1.65. The normalized spacial score (nSPS) is 10.4. The number of halogens is 3. The van der Waals surface area contributed by atoms with Crippen LogP contribution in [0.2, 0.25) is 0 Å². The van der Waals surface area contributed by atoms with Crippen molar-refractivity contribution < 1.29 is 22.7 Å². The van der Waals surface area contributed by atoms with E-state index in [4.69, 9.17) is 0 Å². The Morgan fingerprint density at radius 2 is 2.07 bits per heavy atom. The Labute approximate surface area is 78.3 Å². The molecular weight excluding hydrogens is 197 g/mol. The van der Waals surface area contributed by atoms with Crippen molar-refractivity contribution in [1.82, 2.24) is 0 Å². The first-order valence-corrected chi connectivity index (χ1v) is 3.75. The molecule has 1 rings (SSSR count). The van der Waals surface area contributed by atoms with Gasteiger partial charge in [0.15, 0.2) is 17.9 Å². The minimum atomic E-state index is -3.15. The fourth-order valence-corrected chi connectivity index (χ4v) is 1.03. The van der Waals surface area contributed by atoms with Gasteiger partial charge in [0.25, 0.3) is 0 Å².